The van der Waals surface area contributed by atoms with Gasteiger partial charge in [0.1, 0.15) is 0 Å². The number of hydrogen-bond donors (Lipinski definition) is 1. The highest BCUT2D eigenvalue weighted by Gasteiger charge is 2.21. The third kappa shape index (κ3) is 3.66. The molecule has 3 nitrogen and oxygen atoms in total. The summed E-state index contributed by atoms with van der Waals surface area (Å²) in [5.41, 5.74) is 5.99. The summed E-state index contributed by atoms with van der Waals surface area (Å²) < 4.78 is 5.05. The first kappa shape index (κ1) is 11.5. The maximum Gasteiger partial charge on any atom is 0.305 e. The molecule has 1 rings (SSSR count). The molecule has 1 unspecified atom stereocenters. The van der Waals surface area contributed by atoms with Gasteiger partial charge < -0.3 is 10.5 Å². The summed E-state index contributed by atoms with van der Waals surface area (Å²) in [4.78, 5) is 10.9. The van der Waals surface area contributed by atoms with E-state index in [0.717, 1.165) is 12.8 Å². The molecule has 2 atom stereocenters. The number of esters is 1. The van der Waals surface area contributed by atoms with E-state index in [9.17, 15) is 4.79 Å². The fourth-order valence-electron chi connectivity index (χ4n) is 2.02. The van der Waals surface area contributed by atoms with Crippen molar-refractivity contribution in [3.05, 3.63) is 0 Å². The zero-order chi connectivity index (χ0) is 10.4. The maximum atomic E-state index is 10.9. The van der Waals surface area contributed by atoms with E-state index in [1.807, 2.05) is 6.92 Å². The van der Waals surface area contributed by atoms with Crippen molar-refractivity contribution in [2.75, 3.05) is 6.61 Å². The lowest BCUT2D eigenvalue weighted by molar-refractivity contribution is -0.143. The summed E-state index contributed by atoms with van der Waals surface area (Å²) in [5.74, 6) is 0.461. The number of hydrogen-bond acceptors (Lipinski definition) is 3. The minimum absolute atomic E-state index is 0.102. The molecule has 0 radical (unpaired) electrons. The Balaban J connectivity index is 2.13. The van der Waals surface area contributed by atoms with Crippen LogP contribution in [0, 0.1) is 5.92 Å². The summed E-state index contributed by atoms with van der Waals surface area (Å²) in [6, 6.07) is 0.323. The third-order valence-electron chi connectivity index (χ3n) is 3.01. The van der Waals surface area contributed by atoms with E-state index in [4.69, 9.17) is 10.5 Å². The lowest BCUT2D eigenvalue weighted by atomic mass is 9.83. The van der Waals surface area contributed by atoms with Gasteiger partial charge in [0.25, 0.3) is 0 Å². The van der Waals surface area contributed by atoms with Crippen LogP contribution < -0.4 is 5.73 Å². The Hall–Kier alpha value is -0.570. The molecular formula is C11H21NO2. The minimum atomic E-state index is -0.102. The fourth-order valence-corrected chi connectivity index (χ4v) is 2.02. The zero-order valence-corrected chi connectivity index (χ0v) is 9.00. The molecule has 1 saturated carbocycles. The molecule has 1 fully saturated rings. The molecule has 1 aliphatic rings. The van der Waals surface area contributed by atoms with Crippen LogP contribution in [0.15, 0.2) is 0 Å². The van der Waals surface area contributed by atoms with Crippen molar-refractivity contribution < 1.29 is 9.53 Å². The van der Waals surface area contributed by atoms with E-state index >= 15 is 0 Å². The van der Waals surface area contributed by atoms with Crippen LogP contribution in [0.25, 0.3) is 0 Å². The van der Waals surface area contributed by atoms with Gasteiger partial charge in [-0.05, 0) is 25.2 Å². The SMILES string of the molecule is CCC(=O)OCCC1CCCC[C@@H]1N. The van der Waals surface area contributed by atoms with E-state index in [2.05, 4.69) is 0 Å². The van der Waals surface area contributed by atoms with Crippen LogP contribution in [0.1, 0.15) is 45.4 Å². The van der Waals surface area contributed by atoms with Crippen LogP contribution in [-0.2, 0) is 9.53 Å². The standard InChI is InChI=1S/C11H21NO2/c1-2-11(13)14-8-7-9-5-3-4-6-10(9)12/h9-10H,2-8,12H2,1H3/t9?,10-/m0/s1. The fraction of sp³-hybridized carbons (Fsp3) is 0.909. The van der Waals surface area contributed by atoms with Crippen LogP contribution >= 0.6 is 0 Å². The Kier molecular flexibility index (Phi) is 4.94. The zero-order valence-electron chi connectivity index (χ0n) is 9.00. The first-order valence-electron chi connectivity index (χ1n) is 5.65. The van der Waals surface area contributed by atoms with Crippen molar-refractivity contribution in [1.82, 2.24) is 0 Å². The molecule has 14 heavy (non-hydrogen) atoms. The quantitative estimate of drug-likeness (QED) is 0.703. The van der Waals surface area contributed by atoms with E-state index < -0.39 is 0 Å². The first-order chi connectivity index (χ1) is 6.74. The highest BCUT2D eigenvalue weighted by molar-refractivity contribution is 5.68. The van der Waals surface area contributed by atoms with Gasteiger partial charge in [-0.25, -0.2) is 0 Å². The highest BCUT2D eigenvalue weighted by atomic mass is 16.5. The number of carbonyl (C=O) groups is 1. The van der Waals surface area contributed by atoms with E-state index in [1.54, 1.807) is 0 Å². The first-order valence-corrected chi connectivity index (χ1v) is 5.65. The summed E-state index contributed by atoms with van der Waals surface area (Å²) in [5, 5.41) is 0. The maximum absolute atomic E-state index is 10.9. The molecule has 0 spiro atoms. The monoisotopic (exact) mass is 199 g/mol. The largest absolute Gasteiger partial charge is 0.466 e. The summed E-state index contributed by atoms with van der Waals surface area (Å²) in [6.45, 7) is 2.36. The van der Waals surface area contributed by atoms with Gasteiger partial charge in [0, 0.05) is 12.5 Å². The van der Waals surface area contributed by atoms with E-state index in [0.29, 0.717) is 25.0 Å². The predicted molar refractivity (Wildman–Crippen MR) is 55.8 cm³/mol. The molecule has 0 aromatic carbocycles. The van der Waals surface area contributed by atoms with Crippen LogP contribution in [0.5, 0.6) is 0 Å². The molecule has 0 aliphatic heterocycles. The van der Waals surface area contributed by atoms with Gasteiger partial charge in [0.15, 0.2) is 0 Å². The molecule has 0 heterocycles. The van der Waals surface area contributed by atoms with Crippen molar-refractivity contribution >= 4 is 5.97 Å². The van der Waals surface area contributed by atoms with Gasteiger partial charge in [-0.15, -0.1) is 0 Å². The average molecular weight is 199 g/mol. The Bertz CT molecular complexity index is 182. The van der Waals surface area contributed by atoms with Crippen LogP contribution in [0.2, 0.25) is 0 Å². The van der Waals surface area contributed by atoms with Crippen molar-refractivity contribution in [2.24, 2.45) is 11.7 Å². The van der Waals surface area contributed by atoms with Crippen molar-refractivity contribution in [2.45, 2.75) is 51.5 Å². The number of carbonyl (C=O) groups excluding carboxylic acids is 1. The van der Waals surface area contributed by atoms with E-state index in [-0.39, 0.29) is 5.97 Å². The van der Waals surface area contributed by atoms with Crippen molar-refractivity contribution in [3.63, 3.8) is 0 Å². The second kappa shape index (κ2) is 6.02. The van der Waals surface area contributed by atoms with Crippen LogP contribution in [0.3, 0.4) is 0 Å². The van der Waals surface area contributed by atoms with Crippen LogP contribution in [-0.4, -0.2) is 18.6 Å². The molecule has 0 aromatic heterocycles. The Morgan fingerprint density at radius 3 is 2.79 bits per heavy atom. The predicted octanol–water partition coefficient (Wildman–Crippen LogP) is 1.85. The molecule has 0 aromatic rings. The van der Waals surface area contributed by atoms with Crippen molar-refractivity contribution in [3.8, 4) is 0 Å². The summed E-state index contributed by atoms with van der Waals surface area (Å²) in [7, 11) is 0. The van der Waals surface area contributed by atoms with Gasteiger partial charge >= 0.3 is 5.97 Å². The molecule has 1 aliphatic carbocycles. The Morgan fingerprint density at radius 1 is 1.43 bits per heavy atom. The average Bonchev–Trinajstić information content (AvgIpc) is 2.20. The lowest BCUT2D eigenvalue weighted by Crippen LogP contribution is -2.33. The lowest BCUT2D eigenvalue weighted by Gasteiger charge is -2.28. The molecule has 0 saturated heterocycles. The van der Waals surface area contributed by atoms with Crippen molar-refractivity contribution in [1.29, 1.82) is 0 Å². The molecule has 3 heteroatoms. The molecule has 0 amide bonds. The Labute approximate surface area is 86.0 Å². The smallest absolute Gasteiger partial charge is 0.305 e. The molecular weight excluding hydrogens is 178 g/mol. The van der Waals surface area contributed by atoms with Gasteiger partial charge in [-0.3, -0.25) is 4.79 Å². The highest BCUT2D eigenvalue weighted by Crippen LogP contribution is 2.25. The number of nitrogens with two attached hydrogens (primary N) is 1. The Morgan fingerprint density at radius 2 is 2.14 bits per heavy atom. The topological polar surface area (TPSA) is 52.3 Å². The number of rotatable bonds is 4. The van der Waals surface area contributed by atoms with Gasteiger partial charge in [-0.2, -0.15) is 0 Å². The molecule has 0 bridgehead atoms. The number of ether oxygens (including phenoxy) is 1. The second-order valence-electron chi connectivity index (χ2n) is 4.07. The molecule has 82 valence electrons. The third-order valence-corrected chi connectivity index (χ3v) is 3.01. The van der Waals surface area contributed by atoms with Gasteiger partial charge in [-0.1, -0.05) is 19.8 Å². The normalized spacial score (nSPS) is 27.3. The summed E-state index contributed by atoms with van der Waals surface area (Å²) >= 11 is 0. The summed E-state index contributed by atoms with van der Waals surface area (Å²) in [6.07, 6.45) is 6.27. The van der Waals surface area contributed by atoms with E-state index in [1.165, 1.54) is 19.3 Å². The minimum Gasteiger partial charge on any atom is -0.466 e. The van der Waals surface area contributed by atoms with Crippen LogP contribution in [0.4, 0.5) is 0 Å². The van der Waals surface area contributed by atoms with Gasteiger partial charge in [0.2, 0.25) is 0 Å². The second-order valence-corrected chi connectivity index (χ2v) is 4.07. The molecule has 2 N–H and O–H groups in total. The van der Waals surface area contributed by atoms with Gasteiger partial charge in [0.05, 0.1) is 6.61 Å².